The van der Waals surface area contributed by atoms with Gasteiger partial charge in [0.1, 0.15) is 17.9 Å². The number of thiol groups is 1. The smallest absolute Gasteiger partial charge is 0.406 e. The zero-order valence-corrected chi connectivity index (χ0v) is 15.2. The maximum atomic E-state index is 12.4. The Balaban J connectivity index is 1.68. The molecule has 0 saturated carbocycles. The lowest BCUT2D eigenvalue weighted by molar-refractivity contribution is -0.274. The number of fused-ring (bicyclic) bond motifs is 1. The molecule has 1 aliphatic rings. The third kappa shape index (κ3) is 5.42. The minimum Gasteiger partial charge on any atom is -0.406 e. The number of benzene rings is 1. The van der Waals surface area contributed by atoms with Crippen LogP contribution in [0.4, 0.5) is 19.0 Å². The summed E-state index contributed by atoms with van der Waals surface area (Å²) in [6.45, 7) is 1.91. The molecule has 0 atom stereocenters. The number of alkyl halides is 3. The van der Waals surface area contributed by atoms with Gasteiger partial charge >= 0.3 is 6.36 Å². The average Bonchev–Trinajstić information content (AvgIpc) is 2.60. The molecule has 0 spiro atoms. The normalized spacial score (nSPS) is 16.2. The number of rotatable bonds is 6. The van der Waals surface area contributed by atoms with E-state index in [0.29, 0.717) is 29.2 Å². The van der Waals surface area contributed by atoms with Crippen LogP contribution in [0.15, 0.2) is 24.5 Å². The van der Waals surface area contributed by atoms with Crippen LogP contribution in [-0.4, -0.2) is 44.4 Å². The minimum absolute atomic E-state index is 0.317. The van der Waals surface area contributed by atoms with Crippen molar-refractivity contribution < 1.29 is 26.3 Å². The van der Waals surface area contributed by atoms with Crippen molar-refractivity contribution in [3.8, 4) is 5.75 Å². The van der Waals surface area contributed by atoms with Gasteiger partial charge in [-0.05, 0) is 37.3 Å². The maximum absolute atomic E-state index is 12.4. The fraction of sp³-hybridized carbons (Fsp3) is 0.500. The molecule has 27 heavy (non-hydrogen) atoms. The molecule has 1 fully saturated rings. The van der Waals surface area contributed by atoms with Gasteiger partial charge in [0, 0.05) is 31.1 Å². The highest BCUT2D eigenvalue weighted by molar-refractivity contribution is 7.70. The minimum atomic E-state index is -4.75. The van der Waals surface area contributed by atoms with Gasteiger partial charge in [0.2, 0.25) is 10.9 Å². The fourth-order valence-electron chi connectivity index (χ4n) is 3.27. The zero-order chi connectivity index (χ0) is 19.4. The molecule has 7 nitrogen and oxygen atoms in total. The van der Waals surface area contributed by atoms with Gasteiger partial charge in [0.15, 0.2) is 0 Å². The number of hydrogen-bond acceptors (Lipinski definition) is 6. The molecule has 2 heterocycles. The number of nitrogens with zero attached hydrogens (tertiary/aromatic N) is 3. The molecule has 1 aliphatic heterocycles. The van der Waals surface area contributed by atoms with Crippen molar-refractivity contribution >= 4 is 27.6 Å². The van der Waals surface area contributed by atoms with Crippen LogP contribution in [0, 0.1) is 5.92 Å². The Bertz CT molecular complexity index is 860. The van der Waals surface area contributed by atoms with E-state index in [-0.39, 0.29) is 5.75 Å². The highest BCUT2D eigenvalue weighted by Crippen LogP contribution is 2.31. The van der Waals surface area contributed by atoms with E-state index < -0.39 is 17.3 Å². The van der Waals surface area contributed by atoms with E-state index in [1.165, 1.54) is 24.5 Å². The molecule has 3 rings (SSSR count). The lowest BCUT2D eigenvalue weighted by atomic mass is 9.93. The highest BCUT2D eigenvalue weighted by atomic mass is 32.2. The summed E-state index contributed by atoms with van der Waals surface area (Å²) in [5.74, 6) is 0.781. The molecule has 1 N–H and O–H groups in total. The molecule has 0 amide bonds. The first-order chi connectivity index (χ1) is 12.8. The van der Waals surface area contributed by atoms with Crippen LogP contribution < -0.4 is 14.4 Å². The summed E-state index contributed by atoms with van der Waals surface area (Å²) in [6.07, 6.45) is -0.870. The standard InChI is InChI=1S/C16H19F3N4O3S/c17-16(18,19)26-12-1-2-13-14(9-12)20-10-21-15(13)23-7-4-11(5-8-23)3-6-22-27(24)25/h1-2,9-11,27H,3-8H2,(H,22,24,25). The maximum Gasteiger partial charge on any atom is 0.573 e. The molecule has 0 unspecified atom stereocenters. The molecule has 1 aromatic carbocycles. The van der Waals surface area contributed by atoms with Gasteiger partial charge in [0.25, 0.3) is 0 Å². The highest BCUT2D eigenvalue weighted by Gasteiger charge is 2.31. The summed E-state index contributed by atoms with van der Waals surface area (Å²) in [5.41, 5.74) is 0.382. The Labute approximate surface area is 155 Å². The molecule has 0 aliphatic carbocycles. The Kier molecular flexibility index (Phi) is 6.00. The zero-order valence-electron chi connectivity index (χ0n) is 14.3. The van der Waals surface area contributed by atoms with E-state index in [0.717, 1.165) is 32.4 Å². The lowest BCUT2D eigenvalue weighted by Crippen LogP contribution is -2.35. The van der Waals surface area contributed by atoms with E-state index in [1.54, 1.807) is 0 Å². The van der Waals surface area contributed by atoms with Crippen LogP contribution in [-0.2, 0) is 10.9 Å². The molecule has 148 valence electrons. The van der Waals surface area contributed by atoms with Crippen LogP contribution in [0.2, 0.25) is 0 Å². The SMILES string of the molecule is O=[SH](=O)NCCC1CCN(c2ncnc3cc(OC(F)(F)F)ccc23)CC1. The Morgan fingerprint density at radius 2 is 1.96 bits per heavy atom. The van der Waals surface area contributed by atoms with E-state index in [1.807, 2.05) is 0 Å². The molecule has 1 saturated heterocycles. The summed E-state index contributed by atoms with van der Waals surface area (Å²) in [7, 11) is -2.56. The van der Waals surface area contributed by atoms with Gasteiger partial charge in [0.05, 0.1) is 5.52 Å². The third-order valence-electron chi connectivity index (χ3n) is 4.53. The van der Waals surface area contributed by atoms with E-state index >= 15 is 0 Å². The second kappa shape index (κ2) is 8.26. The Morgan fingerprint density at radius 3 is 2.63 bits per heavy atom. The molecule has 2 aromatic rings. The monoisotopic (exact) mass is 404 g/mol. The number of hydrogen-bond donors (Lipinski definition) is 2. The van der Waals surface area contributed by atoms with Crippen LogP contribution in [0.3, 0.4) is 0 Å². The summed E-state index contributed by atoms with van der Waals surface area (Å²) >= 11 is 0. The lowest BCUT2D eigenvalue weighted by Gasteiger charge is -2.33. The van der Waals surface area contributed by atoms with Crippen LogP contribution in [0.25, 0.3) is 10.9 Å². The van der Waals surface area contributed by atoms with Crippen molar-refractivity contribution in [1.82, 2.24) is 14.7 Å². The predicted molar refractivity (Wildman–Crippen MR) is 94.1 cm³/mol. The van der Waals surface area contributed by atoms with Gasteiger partial charge in [-0.2, -0.15) is 0 Å². The van der Waals surface area contributed by atoms with E-state index in [4.69, 9.17) is 0 Å². The van der Waals surface area contributed by atoms with Gasteiger partial charge in [-0.15, -0.1) is 13.2 Å². The molecular formula is C16H19F3N4O3S. The van der Waals surface area contributed by atoms with Crippen molar-refractivity contribution in [3.63, 3.8) is 0 Å². The van der Waals surface area contributed by atoms with E-state index in [2.05, 4.69) is 24.3 Å². The first-order valence-corrected chi connectivity index (χ1v) is 9.63. The largest absolute Gasteiger partial charge is 0.573 e. The van der Waals surface area contributed by atoms with Gasteiger partial charge in [-0.25, -0.2) is 23.1 Å². The first kappa shape index (κ1) is 19.6. The second-order valence-corrected chi connectivity index (χ2v) is 7.14. The van der Waals surface area contributed by atoms with Crippen molar-refractivity contribution in [2.24, 2.45) is 5.92 Å². The van der Waals surface area contributed by atoms with E-state index in [9.17, 15) is 21.6 Å². The number of piperidine rings is 1. The van der Waals surface area contributed by atoms with Crippen molar-refractivity contribution in [2.75, 3.05) is 24.5 Å². The number of aromatic nitrogens is 2. The number of nitrogens with one attached hydrogen (secondary N) is 1. The summed E-state index contributed by atoms with van der Waals surface area (Å²) in [4.78, 5) is 10.4. The van der Waals surface area contributed by atoms with Gasteiger partial charge < -0.3 is 9.64 Å². The molecule has 0 bridgehead atoms. The quantitative estimate of drug-likeness (QED) is 0.719. The summed E-state index contributed by atoms with van der Waals surface area (Å²) < 4.78 is 64.6. The fourth-order valence-corrected chi connectivity index (χ4v) is 3.58. The van der Waals surface area contributed by atoms with Crippen molar-refractivity contribution in [2.45, 2.75) is 25.6 Å². The molecular weight excluding hydrogens is 385 g/mol. The first-order valence-electron chi connectivity index (χ1n) is 8.45. The topological polar surface area (TPSA) is 84.4 Å². The van der Waals surface area contributed by atoms with Crippen molar-refractivity contribution in [3.05, 3.63) is 24.5 Å². The van der Waals surface area contributed by atoms with Gasteiger partial charge in [-0.3, -0.25) is 0 Å². The Morgan fingerprint density at radius 1 is 1.22 bits per heavy atom. The average molecular weight is 404 g/mol. The van der Waals surface area contributed by atoms with Crippen LogP contribution >= 0.6 is 0 Å². The second-order valence-electron chi connectivity index (χ2n) is 6.31. The molecule has 11 heteroatoms. The third-order valence-corrected chi connectivity index (χ3v) is 5.01. The van der Waals surface area contributed by atoms with Gasteiger partial charge in [-0.1, -0.05) is 0 Å². The number of ether oxygens (including phenoxy) is 1. The van der Waals surface area contributed by atoms with Crippen LogP contribution in [0.1, 0.15) is 19.3 Å². The number of halogens is 3. The molecule has 1 aromatic heterocycles. The van der Waals surface area contributed by atoms with Crippen LogP contribution in [0.5, 0.6) is 5.75 Å². The number of anilines is 1. The summed E-state index contributed by atoms with van der Waals surface area (Å²) in [5, 5.41) is 0.662. The summed E-state index contributed by atoms with van der Waals surface area (Å²) in [6, 6.07) is 4.04. The molecule has 0 radical (unpaired) electrons. The van der Waals surface area contributed by atoms with Crippen molar-refractivity contribution in [1.29, 1.82) is 0 Å². The Hall–Kier alpha value is -2.14. The predicted octanol–water partition coefficient (Wildman–Crippen LogP) is 2.25.